The highest BCUT2D eigenvalue weighted by Crippen LogP contribution is 2.18. The average Bonchev–Trinajstić information content (AvgIpc) is 2.79. The van der Waals surface area contributed by atoms with Crippen LogP contribution in [-0.2, 0) is 11.3 Å². The van der Waals surface area contributed by atoms with E-state index in [4.69, 9.17) is 10.5 Å². The molecule has 1 aromatic heterocycles. The van der Waals surface area contributed by atoms with E-state index in [1.807, 2.05) is 24.4 Å². The summed E-state index contributed by atoms with van der Waals surface area (Å²) in [7, 11) is 0. The number of hydrogen-bond acceptors (Lipinski definition) is 3. The molecule has 0 atom stereocenters. The monoisotopic (exact) mass is 246 g/mol. The lowest BCUT2D eigenvalue weighted by atomic mass is 10.1. The van der Waals surface area contributed by atoms with Gasteiger partial charge < -0.3 is 15.0 Å². The van der Waals surface area contributed by atoms with Crippen molar-refractivity contribution in [3.8, 4) is 0 Å². The molecule has 1 aromatic carbocycles. The number of aromatic nitrogens is 1. The quantitative estimate of drug-likeness (QED) is 0.822. The highest BCUT2D eigenvalue weighted by molar-refractivity contribution is 5.94. The van der Waals surface area contributed by atoms with Gasteiger partial charge in [-0.25, -0.2) is 4.79 Å². The van der Waals surface area contributed by atoms with Crippen LogP contribution in [0.3, 0.4) is 0 Å². The summed E-state index contributed by atoms with van der Waals surface area (Å²) in [6, 6.07) is 7.64. The summed E-state index contributed by atoms with van der Waals surface area (Å²) in [6.07, 6.45) is 2.97. The second kappa shape index (κ2) is 5.69. The van der Waals surface area contributed by atoms with Crippen LogP contribution in [0.25, 0.3) is 10.9 Å². The van der Waals surface area contributed by atoms with Gasteiger partial charge in [0.1, 0.15) is 0 Å². The summed E-state index contributed by atoms with van der Waals surface area (Å²) in [5.41, 5.74) is 7.23. The fourth-order valence-electron chi connectivity index (χ4n) is 2.00. The Balaban J connectivity index is 2.27. The van der Waals surface area contributed by atoms with Crippen LogP contribution in [0.1, 0.15) is 23.7 Å². The third-order valence-electron chi connectivity index (χ3n) is 2.89. The summed E-state index contributed by atoms with van der Waals surface area (Å²) in [5, 5.41) is 1.05. The molecular weight excluding hydrogens is 228 g/mol. The van der Waals surface area contributed by atoms with Crippen molar-refractivity contribution in [3.63, 3.8) is 0 Å². The van der Waals surface area contributed by atoms with Gasteiger partial charge in [0.05, 0.1) is 12.2 Å². The largest absolute Gasteiger partial charge is 0.462 e. The molecule has 0 unspecified atom stereocenters. The molecule has 0 saturated heterocycles. The van der Waals surface area contributed by atoms with Crippen LogP contribution < -0.4 is 5.73 Å². The molecule has 96 valence electrons. The van der Waals surface area contributed by atoms with Gasteiger partial charge in [-0.2, -0.15) is 0 Å². The van der Waals surface area contributed by atoms with E-state index in [-0.39, 0.29) is 5.97 Å². The van der Waals surface area contributed by atoms with Gasteiger partial charge in [0, 0.05) is 23.6 Å². The van der Waals surface area contributed by atoms with Crippen molar-refractivity contribution in [2.75, 3.05) is 13.2 Å². The Labute approximate surface area is 106 Å². The predicted octanol–water partition coefficient (Wildman–Crippen LogP) is 2.17. The van der Waals surface area contributed by atoms with E-state index < -0.39 is 0 Å². The number of ether oxygens (including phenoxy) is 1. The zero-order valence-corrected chi connectivity index (χ0v) is 10.6. The second-order valence-electron chi connectivity index (χ2n) is 4.15. The summed E-state index contributed by atoms with van der Waals surface area (Å²) in [4.78, 5) is 11.6. The van der Waals surface area contributed by atoms with E-state index in [0.717, 1.165) is 23.9 Å². The van der Waals surface area contributed by atoms with Gasteiger partial charge in [0.2, 0.25) is 0 Å². The third kappa shape index (κ3) is 2.54. The maximum Gasteiger partial charge on any atom is 0.338 e. The lowest BCUT2D eigenvalue weighted by Crippen LogP contribution is -2.05. The average molecular weight is 246 g/mol. The normalized spacial score (nSPS) is 10.8. The topological polar surface area (TPSA) is 57.2 Å². The molecule has 0 spiro atoms. The van der Waals surface area contributed by atoms with Crippen LogP contribution in [0.5, 0.6) is 0 Å². The van der Waals surface area contributed by atoms with Gasteiger partial charge >= 0.3 is 5.97 Å². The van der Waals surface area contributed by atoms with E-state index in [2.05, 4.69) is 4.57 Å². The second-order valence-corrected chi connectivity index (χ2v) is 4.15. The minimum atomic E-state index is -0.269. The zero-order valence-electron chi connectivity index (χ0n) is 10.6. The van der Waals surface area contributed by atoms with Crippen LogP contribution in [0.4, 0.5) is 0 Å². The van der Waals surface area contributed by atoms with E-state index in [1.165, 1.54) is 0 Å². The molecule has 2 aromatic rings. The Bertz CT molecular complexity index is 546. The number of benzene rings is 1. The SMILES string of the molecule is CCOC(=O)c1ccc2c(ccn2CCCN)c1. The van der Waals surface area contributed by atoms with Gasteiger partial charge in [-0.3, -0.25) is 0 Å². The molecule has 0 aliphatic carbocycles. The number of nitrogens with two attached hydrogens (primary N) is 1. The molecule has 0 radical (unpaired) electrons. The van der Waals surface area contributed by atoms with Crippen molar-refractivity contribution < 1.29 is 9.53 Å². The first-order chi connectivity index (χ1) is 8.76. The number of carbonyl (C=O) groups excluding carboxylic acids is 1. The highest BCUT2D eigenvalue weighted by atomic mass is 16.5. The van der Waals surface area contributed by atoms with Gasteiger partial charge in [0.15, 0.2) is 0 Å². The molecule has 2 N–H and O–H groups in total. The first kappa shape index (κ1) is 12.6. The summed E-state index contributed by atoms with van der Waals surface area (Å²) in [6.45, 7) is 3.79. The molecule has 4 heteroatoms. The molecule has 1 heterocycles. The van der Waals surface area contributed by atoms with Crippen LogP contribution in [0.15, 0.2) is 30.5 Å². The van der Waals surface area contributed by atoms with Crippen molar-refractivity contribution in [3.05, 3.63) is 36.0 Å². The number of hydrogen-bond donors (Lipinski definition) is 1. The lowest BCUT2D eigenvalue weighted by Gasteiger charge is -2.05. The molecule has 18 heavy (non-hydrogen) atoms. The standard InChI is InChI=1S/C14H18N2O2/c1-2-18-14(17)12-4-5-13-11(10-12)6-9-16(13)8-3-7-15/h4-6,9-10H,2-3,7-8,15H2,1H3. The van der Waals surface area contributed by atoms with E-state index >= 15 is 0 Å². The number of fused-ring (bicyclic) bond motifs is 1. The number of carbonyl (C=O) groups is 1. The Kier molecular flexibility index (Phi) is 3.99. The maximum absolute atomic E-state index is 11.6. The van der Waals surface area contributed by atoms with Gasteiger partial charge in [0.25, 0.3) is 0 Å². The van der Waals surface area contributed by atoms with Crippen LogP contribution in [-0.4, -0.2) is 23.7 Å². The number of rotatable bonds is 5. The number of aryl methyl sites for hydroxylation is 1. The molecule has 0 amide bonds. The lowest BCUT2D eigenvalue weighted by molar-refractivity contribution is 0.0526. The Hall–Kier alpha value is -1.81. The van der Waals surface area contributed by atoms with Crippen molar-refractivity contribution >= 4 is 16.9 Å². The van der Waals surface area contributed by atoms with Crippen molar-refractivity contribution in [1.82, 2.24) is 4.57 Å². The maximum atomic E-state index is 11.6. The molecule has 0 aliphatic heterocycles. The van der Waals surface area contributed by atoms with Crippen molar-refractivity contribution in [2.45, 2.75) is 19.9 Å². The molecule has 0 fully saturated rings. The minimum absolute atomic E-state index is 0.269. The Morgan fingerprint density at radius 3 is 2.94 bits per heavy atom. The first-order valence-electron chi connectivity index (χ1n) is 6.22. The molecule has 0 aliphatic rings. The van der Waals surface area contributed by atoms with E-state index in [1.54, 1.807) is 13.0 Å². The number of esters is 1. The molecule has 4 nitrogen and oxygen atoms in total. The van der Waals surface area contributed by atoms with Crippen LogP contribution in [0, 0.1) is 0 Å². The van der Waals surface area contributed by atoms with E-state index in [9.17, 15) is 4.79 Å². The first-order valence-corrected chi connectivity index (χ1v) is 6.22. The molecule has 0 bridgehead atoms. The van der Waals surface area contributed by atoms with Crippen LogP contribution >= 0.6 is 0 Å². The zero-order chi connectivity index (χ0) is 13.0. The fourth-order valence-corrected chi connectivity index (χ4v) is 2.00. The van der Waals surface area contributed by atoms with Gasteiger partial charge in [-0.05, 0) is 44.2 Å². The Morgan fingerprint density at radius 2 is 2.22 bits per heavy atom. The van der Waals surface area contributed by atoms with Crippen LogP contribution in [0.2, 0.25) is 0 Å². The van der Waals surface area contributed by atoms with Gasteiger partial charge in [-0.15, -0.1) is 0 Å². The predicted molar refractivity (Wildman–Crippen MR) is 71.6 cm³/mol. The minimum Gasteiger partial charge on any atom is -0.462 e. The van der Waals surface area contributed by atoms with Crippen molar-refractivity contribution in [1.29, 1.82) is 0 Å². The van der Waals surface area contributed by atoms with Crippen molar-refractivity contribution in [2.24, 2.45) is 5.73 Å². The fraction of sp³-hybridized carbons (Fsp3) is 0.357. The Morgan fingerprint density at radius 1 is 1.39 bits per heavy atom. The molecule has 0 saturated carbocycles. The number of nitrogens with zero attached hydrogens (tertiary/aromatic N) is 1. The van der Waals surface area contributed by atoms with Gasteiger partial charge in [-0.1, -0.05) is 0 Å². The van der Waals surface area contributed by atoms with E-state index in [0.29, 0.717) is 18.7 Å². The molecular formula is C14H18N2O2. The third-order valence-corrected chi connectivity index (χ3v) is 2.89. The summed E-state index contributed by atoms with van der Waals surface area (Å²) in [5.74, 6) is -0.269. The summed E-state index contributed by atoms with van der Waals surface area (Å²) >= 11 is 0. The highest BCUT2D eigenvalue weighted by Gasteiger charge is 2.08. The smallest absolute Gasteiger partial charge is 0.338 e. The summed E-state index contributed by atoms with van der Waals surface area (Å²) < 4.78 is 7.14. The molecule has 2 rings (SSSR count).